The molecule has 19 heavy (non-hydrogen) atoms. The van der Waals surface area contributed by atoms with Gasteiger partial charge in [0.2, 0.25) is 0 Å². The molecule has 0 bridgehead atoms. The molecule has 1 unspecified atom stereocenters. The molecule has 4 nitrogen and oxygen atoms in total. The van der Waals surface area contributed by atoms with E-state index in [0.29, 0.717) is 18.5 Å². The zero-order chi connectivity index (χ0) is 14.4. The second-order valence-corrected chi connectivity index (χ2v) is 4.20. The van der Waals surface area contributed by atoms with E-state index in [1.54, 1.807) is 13.0 Å². The SMILES string of the molecule is CCCN(C(=O)OCC)c1c(F)cccc1C(C)O. The van der Waals surface area contributed by atoms with Crippen molar-refractivity contribution in [1.82, 2.24) is 0 Å². The van der Waals surface area contributed by atoms with Gasteiger partial charge in [-0.2, -0.15) is 0 Å². The number of carbonyl (C=O) groups is 1. The number of rotatable bonds is 5. The van der Waals surface area contributed by atoms with Gasteiger partial charge in [0.15, 0.2) is 0 Å². The average Bonchev–Trinajstić information content (AvgIpc) is 2.36. The van der Waals surface area contributed by atoms with Gasteiger partial charge in [-0.3, -0.25) is 4.90 Å². The number of halogens is 1. The topological polar surface area (TPSA) is 49.8 Å². The Kier molecular flexibility index (Phi) is 5.76. The molecule has 0 spiro atoms. The molecule has 0 saturated heterocycles. The van der Waals surface area contributed by atoms with Crippen LogP contribution in [0.25, 0.3) is 0 Å². The molecule has 0 fully saturated rings. The van der Waals surface area contributed by atoms with Crippen molar-refractivity contribution in [2.45, 2.75) is 33.3 Å². The quantitative estimate of drug-likeness (QED) is 0.892. The molecular formula is C14H20FNO3. The largest absolute Gasteiger partial charge is 0.449 e. The highest BCUT2D eigenvalue weighted by molar-refractivity contribution is 5.89. The molecule has 106 valence electrons. The highest BCUT2D eigenvalue weighted by Gasteiger charge is 2.24. The molecule has 0 aromatic heterocycles. The fraction of sp³-hybridized carbons (Fsp3) is 0.500. The van der Waals surface area contributed by atoms with Crippen LogP contribution in [-0.4, -0.2) is 24.4 Å². The molecule has 1 amide bonds. The average molecular weight is 269 g/mol. The highest BCUT2D eigenvalue weighted by Crippen LogP contribution is 2.30. The lowest BCUT2D eigenvalue weighted by molar-refractivity contribution is 0.159. The molecule has 1 rings (SSSR count). The van der Waals surface area contributed by atoms with E-state index in [1.807, 2.05) is 6.92 Å². The summed E-state index contributed by atoms with van der Waals surface area (Å²) in [6.07, 6.45) is -0.803. The molecule has 0 aliphatic rings. The first kappa shape index (κ1) is 15.4. The number of carbonyl (C=O) groups excluding carboxylic acids is 1. The molecule has 1 N–H and O–H groups in total. The van der Waals surface area contributed by atoms with Crippen LogP contribution >= 0.6 is 0 Å². The fourth-order valence-electron chi connectivity index (χ4n) is 1.87. The second-order valence-electron chi connectivity index (χ2n) is 4.20. The van der Waals surface area contributed by atoms with Crippen molar-refractivity contribution < 1.29 is 19.0 Å². The number of ether oxygens (including phenoxy) is 1. The number of aliphatic hydroxyl groups excluding tert-OH is 1. The fourth-order valence-corrected chi connectivity index (χ4v) is 1.87. The Labute approximate surface area is 112 Å². The number of para-hydroxylation sites is 1. The molecule has 0 heterocycles. The molecule has 1 aromatic rings. The second kappa shape index (κ2) is 7.09. The Morgan fingerprint density at radius 1 is 1.47 bits per heavy atom. The van der Waals surface area contributed by atoms with Gasteiger partial charge >= 0.3 is 6.09 Å². The maximum atomic E-state index is 14.0. The van der Waals surface area contributed by atoms with Gasteiger partial charge < -0.3 is 9.84 Å². The number of nitrogens with zero attached hydrogens (tertiary/aromatic N) is 1. The van der Waals surface area contributed by atoms with Gasteiger partial charge in [0, 0.05) is 12.1 Å². The van der Waals surface area contributed by atoms with Crippen LogP contribution in [0, 0.1) is 5.82 Å². The van der Waals surface area contributed by atoms with Crippen LogP contribution in [0.2, 0.25) is 0 Å². The van der Waals surface area contributed by atoms with Crippen molar-refractivity contribution >= 4 is 11.8 Å². The number of hydrogen-bond acceptors (Lipinski definition) is 3. The Bertz CT molecular complexity index is 435. The first-order valence-electron chi connectivity index (χ1n) is 6.43. The van der Waals surface area contributed by atoms with Crippen LogP contribution in [0.1, 0.15) is 38.9 Å². The molecule has 0 aliphatic carbocycles. The third-order valence-corrected chi connectivity index (χ3v) is 2.67. The Morgan fingerprint density at radius 2 is 2.16 bits per heavy atom. The Hall–Kier alpha value is -1.62. The molecule has 0 saturated carbocycles. The summed E-state index contributed by atoms with van der Waals surface area (Å²) in [5.74, 6) is -0.542. The summed E-state index contributed by atoms with van der Waals surface area (Å²) >= 11 is 0. The molecule has 0 radical (unpaired) electrons. The lowest BCUT2D eigenvalue weighted by Gasteiger charge is -2.25. The van der Waals surface area contributed by atoms with Gasteiger partial charge in [-0.1, -0.05) is 19.1 Å². The summed E-state index contributed by atoms with van der Waals surface area (Å²) in [6.45, 7) is 5.67. The van der Waals surface area contributed by atoms with Crippen molar-refractivity contribution in [3.05, 3.63) is 29.6 Å². The van der Waals surface area contributed by atoms with Crippen LogP contribution in [0.5, 0.6) is 0 Å². The standard InChI is InChI=1S/C14H20FNO3/c1-4-9-16(14(18)19-5-2)13-11(10(3)17)7-6-8-12(13)15/h6-8,10,17H,4-5,9H2,1-3H3. The summed E-state index contributed by atoms with van der Waals surface area (Å²) in [7, 11) is 0. The van der Waals surface area contributed by atoms with Crippen LogP contribution in [0.15, 0.2) is 18.2 Å². The van der Waals surface area contributed by atoms with E-state index >= 15 is 0 Å². The van der Waals surface area contributed by atoms with Gasteiger partial charge in [0.05, 0.1) is 18.4 Å². The molecule has 1 atom stereocenters. The summed E-state index contributed by atoms with van der Waals surface area (Å²) in [5, 5.41) is 9.71. The summed E-state index contributed by atoms with van der Waals surface area (Å²) in [5.41, 5.74) is 0.472. The normalized spacial score (nSPS) is 12.1. The van der Waals surface area contributed by atoms with Gasteiger partial charge in [-0.05, 0) is 26.3 Å². The first-order valence-corrected chi connectivity index (χ1v) is 6.43. The van der Waals surface area contributed by atoms with Crippen molar-refractivity contribution in [2.24, 2.45) is 0 Å². The zero-order valence-electron chi connectivity index (χ0n) is 11.5. The predicted molar refractivity (Wildman–Crippen MR) is 71.7 cm³/mol. The number of hydrogen-bond donors (Lipinski definition) is 1. The summed E-state index contributed by atoms with van der Waals surface area (Å²) < 4.78 is 19.0. The Balaban J connectivity index is 3.24. The predicted octanol–water partition coefficient (Wildman–Crippen LogP) is 3.25. The monoisotopic (exact) mass is 269 g/mol. The lowest BCUT2D eigenvalue weighted by atomic mass is 10.1. The van der Waals surface area contributed by atoms with Gasteiger partial charge in [0.25, 0.3) is 0 Å². The summed E-state index contributed by atoms with van der Waals surface area (Å²) in [4.78, 5) is 13.2. The highest BCUT2D eigenvalue weighted by atomic mass is 19.1. The number of benzene rings is 1. The van der Waals surface area contributed by atoms with E-state index in [9.17, 15) is 14.3 Å². The molecule has 5 heteroatoms. The van der Waals surface area contributed by atoms with Crippen LogP contribution in [-0.2, 0) is 4.74 Å². The van der Waals surface area contributed by atoms with Gasteiger partial charge in [-0.15, -0.1) is 0 Å². The third kappa shape index (κ3) is 3.67. The minimum Gasteiger partial charge on any atom is -0.449 e. The maximum Gasteiger partial charge on any atom is 0.414 e. The molecule has 1 aromatic carbocycles. The van der Waals surface area contributed by atoms with Crippen molar-refractivity contribution in [3.63, 3.8) is 0 Å². The van der Waals surface area contributed by atoms with Crippen molar-refractivity contribution in [2.75, 3.05) is 18.1 Å². The summed E-state index contributed by atoms with van der Waals surface area (Å²) in [6, 6.07) is 4.38. The van der Waals surface area contributed by atoms with Crippen molar-refractivity contribution in [3.8, 4) is 0 Å². The van der Waals surface area contributed by atoms with Gasteiger partial charge in [-0.25, -0.2) is 9.18 Å². The number of aliphatic hydroxyl groups is 1. The zero-order valence-corrected chi connectivity index (χ0v) is 11.5. The number of anilines is 1. The van der Waals surface area contributed by atoms with Gasteiger partial charge in [0.1, 0.15) is 5.82 Å². The van der Waals surface area contributed by atoms with E-state index < -0.39 is 18.0 Å². The smallest absolute Gasteiger partial charge is 0.414 e. The minimum atomic E-state index is -0.862. The first-order chi connectivity index (χ1) is 9.02. The maximum absolute atomic E-state index is 14.0. The van der Waals surface area contributed by atoms with Crippen LogP contribution in [0.4, 0.5) is 14.9 Å². The van der Waals surface area contributed by atoms with Crippen LogP contribution < -0.4 is 4.90 Å². The van der Waals surface area contributed by atoms with E-state index in [1.165, 1.54) is 24.0 Å². The van der Waals surface area contributed by atoms with Crippen molar-refractivity contribution in [1.29, 1.82) is 0 Å². The molecular weight excluding hydrogens is 249 g/mol. The van der Waals surface area contributed by atoms with E-state index in [2.05, 4.69) is 0 Å². The van der Waals surface area contributed by atoms with Crippen LogP contribution in [0.3, 0.4) is 0 Å². The lowest BCUT2D eigenvalue weighted by Crippen LogP contribution is -2.34. The minimum absolute atomic E-state index is 0.0952. The molecule has 0 aliphatic heterocycles. The van der Waals surface area contributed by atoms with E-state index in [0.717, 1.165) is 0 Å². The van der Waals surface area contributed by atoms with E-state index in [4.69, 9.17) is 4.74 Å². The van der Waals surface area contributed by atoms with E-state index in [-0.39, 0.29) is 12.3 Å². The third-order valence-electron chi connectivity index (χ3n) is 2.67. The Morgan fingerprint density at radius 3 is 2.68 bits per heavy atom. The number of amides is 1.